The van der Waals surface area contributed by atoms with Crippen LogP contribution in [-0.4, -0.2) is 32.8 Å². The average molecular weight is 459 g/mol. The molecule has 4 aromatic carbocycles. The molecule has 166 valence electrons. The second-order valence-corrected chi connectivity index (χ2v) is 9.31. The van der Waals surface area contributed by atoms with E-state index in [-0.39, 0.29) is 18.0 Å². The first-order valence-electron chi connectivity index (χ1n) is 10.4. The van der Waals surface area contributed by atoms with Gasteiger partial charge in [0.2, 0.25) is 0 Å². The molecular weight excluding hydrogens is 436 g/mol. The molecular formula is C26H22N2O4S. The van der Waals surface area contributed by atoms with E-state index in [9.17, 15) is 13.5 Å². The Bertz CT molecular complexity index is 1380. The number of sulfonamides is 1. The molecule has 0 aliphatic heterocycles. The Labute approximate surface area is 193 Å². The van der Waals surface area contributed by atoms with Gasteiger partial charge in [0, 0.05) is 5.39 Å². The molecule has 0 unspecified atom stereocenters. The molecule has 33 heavy (non-hydrogen) atoms. The summed E-state index contributed by atoms with van der Waals surface area (Å²) in [6, 6.07) is 29.7. The number of rotatable bonds is 8. The van der Waals surface area contributed by atoms with Crippen LogP contribution in [-0.2, 0) is 10.0 Å². The van der Waals surface area contributed by atoms with Gasteiger partial charge >= 0.3 is 0 Å². The van der Waals surface area contributed by atoms with Crippen LogP contribution < -0.4 is 9.04 Å². The molecule has 1 atom stereocenters. The molecule has 4 aromatic rings. The fraction of sp³-hybridized carbons (Fsp3) is 0.115. The summed E-state index contributed by atoms with van der Waals surface area (Å²) >= 11 is 0. The summed E-state index contributed by atoms with van der Waals surface area (Å²) in [4.78, 5) is 0.0347. The van der Waals surface area contributed by atoms with Crippen LogP contribution in [0.4, 0.5) is 5.69 Å². The van der Waals surface area contributed by atoms with Crippen LogP contribution in [0.15, 0.2) is 102 Å². The molecule has 0 amide bonds. The summed E-state index contributed by atoms with van der Waals surface area (Å²) in [6.07, 6.45) is -1.09. The van der Waals surface area contributed by atoms with Gasteiger partial charge in [-0.25, -0.2) is 8.42 Å². The summed E-state index contributed by atoms with van der Waals surface area (Å²) in [5.41, 5.74) is 0.787. The van der Waals surface area contributed by atoms with E-state index in [4.69, 9.17) is 10.00 Å². The Balaban J connectivity index is 1.57. The lowest BCUT2D eigenvalue weighted by Crippen LogP contribution is -2.39. The van der Waals surface area contributed by atoms with Gasteiger partial charge < -0.3 is 9.84 Å². The van der Waals surface area contributed by atoms with E-state index >= 15 is 0 Å². The fourth-order valence-electron chi connectivity index (χ4n) is 3.52. The van der Waals surface area contributed by atoms with Crippen LogP contribution in [0.5, 0.6) is 5.75 Å². The monoisotopic (exact) mass is 458 g/mol. The summed E-state index contributed by atoms with van der Waals surface area (Å²) in [5, 5.41) is 21.7. The second-order valence-electron chi connectivity index (χ2n) is 7.45. The normalized spacial score (nSPS) is 12.1. The molecule has 1 N–H and O–H groups in total. The Hall–Kier alpha value is -3.86. The number of fused-ring (bicyclic) bond motifs is 1. The van der Waals surface area contributed by atoms with Crippen molar-refractivity contribution in [3.63, 3.8) is 0 Å². The predicted molar refractivity (Wildman–Crippen MR) is 128 cm³/mol. The van der Waals surface area contributed by atoms with E-state index in [2.05, 4.69) is 0 Å². The zero-order chi connectivity index (χ0) is 23.3. The highest BCUT2D eigenvalue weighted by molar-refractivity contribution is 7.92. The molecule has 0 aliphatic carbocycles. The van der Waals surface area contributed by atoms with Crippen molar-refractivity contribution in [2.24, 2.45) is 0 Å². The lowest BCUT2D eigenvalue weighted by molar-refractivity contribution is 0.116. The number of aliphatic hydroxyl groups is 1. The lowest BCUT2D eigenvalue weighted by Gasteiger charge is -2.27. The number of hydrogen-bond donors (Lipinski definition) is 1. The first-order valence-corrected chi connectivity index (χ1v) is 11.8. The maximum absolute atomic E-state index is 13.4. The van der Waals surface area contributed by atoms with Gasteiger partial charge in [-0.3, -0.25) is 4.31 Å². The van der Waals surface area contributed by atoms with Gasteiger partial charge in [0.25, 0.3) is 10.0 Å². The van der Waals surface area contributed by atoms with Crippen LogP contribution >= 0.6 is 0 Å². The number of ether oxygens (including phenoxy) is 1. The largest absolute Gasteiger partial charge is 0.490 e. The molecule has 0 spiro atoms. The van der Waals surface area contributed by atoms with Gasteiger partial charge in [-0.1, -0.05) is 54.6 Å². The highest BCUT2D eigenvalue weighted by Gasteiger charge is 2.27. The lowest BCUT2D eigenvalue weighted by atomic mass is 10.1. The van der Waals surface area contributed by atoms with E-state index in [1.165, 1.54) is 24.3 Å². The van der Waals surface area contributed by atoms with Crippen molar-refractivity contribution < 1.29 is 18.3 Å². The number of anilines is 1. The van der Waals surface area contributed by atoms with Crippen molar-refractivity contribution >= 4 is 26.5 Å². The van der Waals surface area contributed by atoms with Gasteiger partial charge in [-0.05, 0) is 47.9 Å². The van der Waals surface area contributed by atoms with Crippen LogP contribution in [0, 0.1) is 11.3 Å². The fourth-order valence-corrected chi connectivity index (χ4v) is 5.02. The second kappa shape index (κ2) is 9.74. The Morgan fingerprint density at radius 3 is 2.27 bits per heavy atom. The highest BCUT2D eigenvalue weighted by Crippen LogP contribution is 2.27. The Kier molecular flexibility index (Phi) is 6.59. The van der Waals surface area contributed by atoms with Crippen LogP contribution in [0.2, 0.25) is 0 Å². The number of hydrogen-bond acceptors (Lipinski definition) is 5. The van der Waals surface area contributed by atoms with E-state index in [1.807, 2.05) is 48.5 Å². The van der Waals surface area contributed by atoms with Crippen molar-refractivity contribution in [3.8, 4) is 11.8 Å². The average Bonchev–Trinajstić information content (AvgIpc) is 2.86. The minimum absolute atomic E-state index is 0.0347. The molecule has 0 aliphatic rings. The third-order valence-corrected chi connectivity index (χ3v) is 6.98. The zero-order valence-electron chi connectivity index (χ0n) is 17.7. The topological polar surface area (TPSA) is 90.6 Å². The third kappa shape index (κ3) is 4.98. The molecule has 0 saturated heterocycles. The predicted octanol–water partition coefficient (Wildman–Crippen LogP) is 4.35. The summed E-state index contributed by atoms with van der Waals surface area (Å²) in [5.74, 6) is 0.619. The minimum Gasteiger partial charge on any atom is -0.490 e. The molecule has 0 heterocycles. The first kappa shape index (κ1) is 22.3. The van der Waals surface area contributed by atoms with Crippen LogP contribution in [0.3, 0.4) is 0 Å². The zero-order valence-corrected chi connectivity index (χ0v) is 18.5. The van der Waals surface area contributed by atoms with Crippen LogP contribution in [0.1, 0.15) is 5.56 Å². The van der Waals surface area contributed by atoms with Crippen molar-refractivity contribution in [3.05, 3.63) is 103 Å². The molecule has 6 nitrogen and oxygen atoms in total. The third-order valence-electron chi connectivity index (χ3n) is 5.17. The summed E-state index contributed by atoms with van der Waals surface area (Å²) in [7, 11) is -3.98. The van der Waals surface area contributed by atoms with E-state index in [1.54, 1.807) is 30.3 Å². The van der Waals surface area contributed by atoms with E-state index in [0.29, 0.717) is 17.0 Å². The number of nitriles is 1. The summed E-state index contributed by atoms with van der Waals surface area (Å²) in [6.45, 7) is -0.280. The smallest absolute Gasteiger partial charge is 0.264 e. The van der Waals surface area contributed by atoms with Gasteiger partial charge in [0.1, 0.15) is 18.5 Å². The molecule has 7 heteroatoms. The Morgan fingerprint density at radius 2 is 1.55 bits per heavy atom. The van der Waals surface area contributed by atoms with E-state index in [0.717, 1.165) is 15.1 Å². The maximum atomic E-state index is 13.4. The maximum Gasteiger partial charge on any atom is 0.264 e. The van der Waals surface area contributed by atoms with Crippen molar-refractivity contribution in [2.45, 2.75) is 11.0 Å². The Morgan fingerprint density at radius 1 is 0.879 bits per heavy atom. The molecule has 0 fully saturated rings. The van der Waals surface area contributed by atoms with Crippen molar-refractivity contribution in [1.82, 2.24) is 0 Å². The quantitative estimate of drug-likeness (QED) is 0.424. The highest BCUT2D eigenvalue weighted by atomic mass is 32.2. The number of benzene rings is 4. The summed E-state index contributed by atoms with van der Waals surface area (Å²) < 4.78 is 33.8. The SMILES string of the molecule is N#Cc1ccc(S(=O)(=O)N(C[C@H](O)COc2cccc3ccccc23)c2ccccc2)cc1. The molecule has 0 bridgehead atoms. The van der Waals surface area contributed by atoms with Crippen molar-refractivity contribution in [1.29, 1.82) is 5.26 Å². The molecule has 0 saturated carbocycles. The molecule has 4 rings (SSSR count). The molecule has 0 radical (unpaired) electrons. The number of nitrogens with zero attached hydrogens (tertiary/aromatic N) is 2. The van der Waals surface area contributed by atoms with Crippen molar-refractivity contribution in [2.75, 3.05) is 17.5 Å². The standard InChI is InChI=1S/C26H22N2O4S/c27-17-20-13-15-24(16-14-20)33(30,31)28(22-9-2-1-3-10-22)18-23(29)19-32-26-12-6-8-21-7-4-5-11-25(21)26/h1-16,23,29H,18-19H2/t23-/m0/s1. The van der Waals surface area contributed by atoms with Gasteiger partial charge in [-0.2, -0.15) is 5.26 Å². The van der Waals surface area contributed by atoms with E-state index < -0.39 is 16.1 Å². The van der Waals surface area contributed by atoms with Crippen LogP contribution in [0.25, 0.3) is 10.8 Å². The van der Waals surface area contributed by atoms with Gasteiger partial charge in [0.05, 0.1) is 28.8 Å². The first-order chi connectivity index (χ1) is 16.0. The number of para-hydroxylation sites is 1. The van der Waals surface area contributed by atoms with Gasteiger partial charge in [0.15, 0.2) is 0 Å². The van der Waals surface area contributed by atoms with Gasteiger partial charge in [-0.15, -0.1) is 0 Å². The molecule has 0 aromatic heterocycles. The number of aliphatic hydroxyl groups excluding tert-OH is 1. The minimum atomic E-state index is -3.98.